The van der Waals surface area contributed by atoms with E-state index in [-0.39, 0.29) is 12.1 Å². The largest absolute Gasteiger partial charge is 0.444 e. The Morgan fingerprint density at radius 2 is 2.04 bits per heavy atom. The van der Waals surface area contributed by atoms with Crippen LogP contribution < -0.4 is 5.32 Å². The van der Waals surface area contributed by atoms with Crippen molar-refractivity contribution in [3.05, 3.63) is 28.8 Å². The highest BCUT2D eigenvalue weighted by Crippen LogP contribution is 2.28. The maximum Gasteiger partial charge on any atom is 0.410 e. The van der Waals surface area contributed by atoms with Gasteiger partial charge in [-0.3, -0.25) is 0 Å². The van der Waals surface area contributed by atoms with Gasteiger partial charge in [0.2, 0.25) is 0 Å². The zero-order valence-electron chi connectivity index (χ0n) is 16.5. The number of hydrogen-bond donors (Lipinski definition) is 2. The third-order valence-corrected chi connectivity index (χ3v) is 4.85. The molecule has 142 valence electrons. The Kier molecular flexibility index (Phi) is 5.82. The first-order chi connectivity index (χ1) is 12.0. The normalized spacial score (nSPS) is 21.2. The summed E-state index contributed by atoms with van der Waals surface area (Å²) in [6.07, 6.45) is -0.480. The lowest BCUT2D eigenvalue weighted by Crippen LogP contribution is -2.50. The SMILES string of the molecule is Cc1c(C#N)ccc(N[C@@H](C)C2[C@@H](O)CCN2C(=O)OC(C)(C)C)c1C. The molecule has 1 aliphatic rings. The molecule has 1 heterocycles. The van der Waals surface area contributed by atoms with Gasteiger partial charge in [0.15, 0.2) is 0 Å². The summed E-state index contributed by atoms with van der Waals surface area (Å²) >= 11 is 0. The van der Waals surface area contributed by atoms with Gasteiger partial charge in [0.05, 0.1) is 23.8 Å². The zero-order valence-corrected chi connectivity index (χ0v) is 16.5. The Morgan fingerprint density at radius 1 is 1.38 bits per heavy atom. The number of carbonyl (C=O) groups excluding carboxylic acids is 1. The van der Waals surface area contributed by atoms with Crippen molar-refractivity contribution in [1.82, 2.24) is 4.90 Å². The Bertz CT molecular complexity index is 718. The quantitative estimate of drug-likeness (QED) is 0.864. The van der Waals surface area contributed by atoms with Crippen LogP contribution in [-0.4, -0.2) is 46.4 Å². The topological polar surface area (TPSA) is 85.6 Å². The first-order valence-electron chi connectivity index (χ1n) is 8.99. The number of rotatable bonds is 3. The smallest absolute Gasteiger partial charge is 0.410 e. The van der Waals surface area contributed by atoms with E-state index in [4.69, 9.17) is 10.00 Å². The van der Waals surface area contributed by atoms with Crippen molar-refractivity contribution in [1.29, 1.82) is 5.26 Å². The summed E-state index contributed by atoms with van der Waals surface area (Å²) in [7, 11) is 0. The molecule has 2 N–H and O–H groups in total. The van der Waals surface area contributed by atoms with Crippen molar-refractivity contribution >= 4 is 11.8 Å². The van der Waals surface area contributed by atoms with Crippen LogP contribution in [-0.2, 0) is 4.74 Å². The number of nitrogens with one attached hydrogen (secondary N) is 1. The van der Waals surface area contributed by atoms with Crippen molar-refractivity contribution in [2.75, 3.05) is 11.9 Å². The van der Waals surface area contributed by atoms with Crippen molar-refractivity contribution in [2.45, 2.75) is 71.8 Å². The van der Waals surface area contributed by atoms with Crippen LogP contribution in [0.15, 0.2) is 12.1 Å². The number of ether oxygens (including phenoxy) is 1. The third-order valence-electron chi connectivity index (χ3n) is 4.85. The number of anilines is 1. The number of nitrogens with zero attached hydrogens (tertiary/aromatic N) is 2. The summed E-state index contributed by atoms with van der Waals surface area (Å²) in [4.78, 5) is 14.1. The Balaban J connectivity index is 2.19. The molecule has 0 radical (unpaired) electrons. The fourth-order valence-corrected chi connectivity index (χ4v) is 3.36. The average Bonchev–Trinajstić information content (AvgIpc) is 2.92. The molecule has 6 nitrogen and oxygen atoms in total. The molecule has 0 aromatic heterocycles. The number of hydrogen-bond acceptors (Lipinski definition) is 5. The van der Waals surface area contributed by atoms with Gasteiger partial charge in [0, 0.05) is 18.3 Å². The predicted molar refractivity (Wildman–Crippen MR) is 101 cm³/mol. The molecule has 3 atom stereocenters. The van der Waals surface area contributed by atoms with Crippen LogP contribution in [0.1, 0.15) is 50.8 Å². The molecule has 1 aromatic rings. The van der Waals surface area contributed by atoms with Gasteiger partial charge < -0.3 is 20.1 Å². The lowest BCUT2D eigenvalue weighted by Gasteiger charge is -2.34. The maximum absolute atomic E-state index is 12.5. The van der Waals surface area contributed by atoms with Gasteiger partial charge in [-0.05, 0) is 71.2 Å². The van der Waals surface area contributed by atoms with E-state index in [1.165, 1.54) is 0 Å². The molecule has 0 aliphatic carbocycles. The molecule has 1 fully saturated rings. The van der Waals surface area contributed by atoms with E-state index >= 15 is 0 Å². The molecule has 26 heavy (non-hydrogen) atoms. The average molecular weight is 359 g/mol. The predicted octanol–water partition coefficient (Wildman–Crippen LogP) is 3.35. The number of amides is 1. The van der Waals surface area contributed by atoms with Gasteiger partial charge in [-0.1, -0.05) is 0 Å². The number of carbonyl (C=O) groups is 1. The standard InChI is InChI=1S/C20H29N3O3/c1-12-13(2)16(8-7-15(12)11-21)22-14(3)18-17(24)9-10-23(18)19(25)26-20(4,5)6/h7-8,14,17-18,22,24H,9-10H2,1-6H3/t14-,17-,18?/m0/s1. The van der Waals surface area contributed by atoms with Crippen LogP contribution >= 0.6 is 0 Å². The molecule has 0 spiro atoms. The second-order valence-corrected chi connectivity index (χ2v) is 7.98. The first-order valence-corrected chi connectivity index (χ1v) is 8.99. The molecule has 1 saturated heterocycles. The summed E-state index contributed by atoms with van der Waals surface area (Å²) in [5.74, 6) is 0. The molecule has 0 bridgehead atoms. The second kappa shape index (κ2) is 7.55. The summed E-state index contributed by atoms with van der Waals surface area (Å²) in [6, 6.07) is 5.29. The minimum atomic E-state index is -0.607. The highest BCUT2D eigenvalue weighted by Gasteiger charge is 2.41. The van der Waals surface area contributed by atoms with Crippen molar-refractivity contribution in [3.63, 3.8) is 0 Å². The fraction of sp³-hybridized carbons (Fsp3) is 0.600. The number of aliphatic hydroxyl groups is 1. The molecular weight excluding hydrogens is 330 g/mol. The molecular formula is C20H29N3O3. The maximum atomic E-state index is 12.5. The molecule has 1 amide bonds. The zero-order chi connectivity index (χ0) is 19.6. The third kappa shape index (κ3) is 4.28. The minimum absolute atomic E-state index is 0.175. The lowest BCUT2D eigenvalue weighted by molar-refractivity contribution is 0.0137. The number of nitriles is 1. The van der Waals surface area contributed by atoms with Gasteiger partial charge in [0.25, 0.3) is 0 Å². The van der Waals surface area contributed by atoms with Crippen LogP contribution in [0.2, 0.25) is 0 Å². The van der Waals surface area contributed by atoms with Crippen LogP contribution in [0, 0.1) is 25.2 Å². The highest BCUT2D eigenvalue weighted by atomic mass is 16.6. The Morgan fingerprint density at radius 3 is 2.62 bits per heavy atom. The highest BCUT2D eigenvalue weighted by molar-refractivity contribution is 5.69. The first kappa shape index (κ1) is 20.1. The number of aliphatic hydroxyl groups excluding tert-OH is 1. The van der Waals surface area contributed by atoms with Gasteiger partial charge in [0.1, 0.15) is 5.60 Å². The Labute approximate surface area is 155 Å². The van der Waals surface area contributed by atoms with E-state index < -0.39 is 17.8 Å². The van der Waals surface area contributed by atoms with E-state index in [9.17, 15) is 9.90 Å². The molecule has 1 aromatic carbocycles. The second-order valence-electron chi connectivity index (χ2n) is 7.98. The van der Waals surface area contributed by atoms with Gasteiger partial charge in [-0.25, -0.2) is 4.79 Å². The van der Waals surface area contributed by atoms with E-state index in [0.29, 0.717) is 18.5 Å². The molecule has 6 heteroatoms. The van der Waals surface area contributed by atoms with E-state index in [1.807, 2.05) is 47.6 Å². The lowest BCUT2D eigenvalue weighted by atomic mass is 10.00. The van der Waals surface area contributed by atoms with E-state index in [1.54, 1.807) is 11.0 Å². The van der Waals surface area contributed by atoms with Crippen molar-refractivity contribution in [2.24, 2.45) is 0 Å². The summed E-state index contributed by atoms with van der Waals surface area (Å²) < 4.78 is 5.49. The fourth-order valence-electron chi connectivity index (χ4n) is 3.36. The van der Waals surface area contributed by atoms with Gasteiger partial charge >= 0.3 is 6.09 Å². The van der Waals surface area contributed by atoms with E-state index in [2.05, 4.69) is 11.4 Å². The minimum Gasteiger partial charge on any atom is -0.444 e. The summed E-state index contributed by atoms with van der Waals surface area (Å²) in [6.45, 7) is 11.8. The molecule has 2 rings (SSSR count). The van der Waals surface area contributed by atoms with E-state index in [0.717, 1.165) is 16.8 Å². The summed E-state index contributed by atoms with van der Waals surface area (Å²) in [5.41, 5.74) is 2.90. The van der Waals surface area contributed by atoms with Crippen LogP contribution in [0.3, 0.4) is 0 Å². The summed E-state index contributed by atoms with van der Waals surface area (Å²) in [5, 5.41) is 23.0. The number of likely N-dealkylation sites (tertiary alicyclic amines) is 1. The monoisotopic (exact) mass is 359 g/mol. The molecule has 1 aliphatic heterocycles. The van der Waals surface area contributed by atoms with Gasteiger partial charge in [-0.2, -0.15) is 5.26 Å². The molecule has 0 saturated carbocycles. The van der Waals surface area contributed by atoms with Crippen LogP contribution in [0.5, 0.6) is 0 Å². The molecule has 1 unspecified atom stereocenters. The van der Waals surface area contributed by atoms with Crippen LogP contribution in [0.4, 0.5) is 10.5 Å². The van der Waals surface area contributed by atoms with Crippen LogP contribution in [0.25, 0.3) is 0 Å². The van der Waals surface area contributed by atoms with Crippen molar-refractivity contribution in [3.8, 4) is 6.07 Å². The van der Waals surface area contributed by atoms with Gasteiger partial charge in [-0.15, -0.1) is 0 Å². The van der Waals surface area contributed by atoms with Crippen molar-refractivity contribution < 1.29 is 14.6 Å². The Hall–Kier alpha value is -2.26. The number of benzene rings is 1.